The van der Waals surface area contributed by atoms with Crippen LogP contribution in [0.15, 0.2) is 52.3 Å². The monoisotopic (exact) mass is 289 g/mol. The van der Waals surface area contributed by atoms with Crippen molar-refractivity contribution in [1.29, 1.82) is 5.26 Å². The zero-order chi connectivity index (χ0) is 13.8. The summed E-state index contributed by atoms with van der Waals surface area (Å²) in [5.74, 6) is -0.978. The van der Waals surface area contributed by atoms with Crippen LogP contribution in [0.4, 0.5) is 0 Å². The van der Waals surface area contributed by atoms with Crippen LogP contribution >= 0.6 is 23.4 Å². The van der Waals surface area contributed by atoms with Gasteiger partial charge < -0.3 is 5.11 Å². The highest BCUT2D eigenvalue weighted by Crippen LogP contribution is 2.32. The maximum Gasteiger partial charge on any atom is 0.335 e. The smallest absolute Gasteiger partial charge is 0.335 e. The van der Waals surface area contributed by atoms with Crippen LogP contribution in [0.1, 0.15) is 15.9 Å². The molecule has 5 heteroatoms. The van der Waals surface area contributed by atoms with Crippen molar-refractivity contribution in [2.45, 2.75) is 9.79 Å². The second kappa shape index (κ2) is 5.79. The first-order valence-electron chi connectivity index (χ1n) is 5.31. The lowest BCUT2D eigenvalue weighted by atomic mass is 10.2. The molecule has 0 bridgehead atoms. The molecule has 2 aromatic rings. The first-order chi connectivity index (χ1) is 9.10. The summed E-state index contributed by atoms with van der Waals surface area (Å²) < 4.78 is 0. The van der Waals surface area contributed by atoms with Gasteiger partial charge in [-0.15, -0.1) is 0 Å². The van der Waals surface area contributed by atoms with Crippen LogP contribution in [-0.4, -0.2) is 11.1 Å². The van der Waals surface area contributed by atoms with E-state index in [1.807, 2.05) is 0 Å². The SMILES string of the molecule is N#Cc1ccc(Cl)cc1Sc1cccc(C(=O)O)c1. The highest BCUT2D eigenvalue weighted by molar-refractivity contribution is 7.99. The van der Waals surface area contributed by atoms with Gasteiger partial charge in [-0.25, -0.2) is 4.79 Å². The molecule has 1 N–H and O–H groups in total. The van der Waals surface area contributed by atoms with Crippen LogP contribution in [-0.2, 0) is 0 Å². The van der Waals surface area contributed by atoms with Gasteiger partial charge in [0.2, 0.25) is 0 Å². The third-order valence-corrected chi connectivity index (χ3v) is 3.66. The maximum atomic E-state index is 10.9. The Bertz CT molecular complexity index is 679. The first kappa shape index (κ1) is 13.5. The standard InChI is InChI=1S/C14H8ClNO2S/c15-11-5-4-10(8-16)13(7-11)19-12-3-1-2-9(6-12)14(17)18/h1-7H,(H,17,18). The fraction of sp³-hybridized carbons (Fsp3) is 0. The van der Waals surface area contributed by atoms with Crippen LogP contribution in [0.2, 0.25) is 5.02 Å². The molecule has 0 aliphatic carbocycles. The normalized spacial score (nSPS) is 9.89. The van der Waals surface area contributed by atoms with E-state index in [0.717, 1.165) is 4.90 Å². The highest BCUT2D eigenvalue weighted by atomic mass is 35.5. The molecule has 0 aliphatic rings. The van der Waals surface area contributed by atoms with E-state index in [9.17, 15) is 4.79 Å². The lowest BCUT2D eigenvalue weighted by Crippen LogP contribution is -1.95. The maximum absolute atomic E-state index is 10.9. The molecular weight excluding hydrogens is 282 g/mol. The number of hydrogen-bond donors (Lipinski definition) is 1. The molecule has 0 atom stereocenters. The van der Waals surface area contributed by atoms with E-state index in [4.69, 9.17) is 22.0 Å². The Morgan fingerprint density at radius 2 is 2.05 bits per heavy atom. The van der Waals surface area contributed by atoms with Crippen molar-refractivity contribution < 1.29 is 9.90 Å². The molecule has 2 rings (SSSR count). The van der Waals surface area contributed by atoms with Crippen LogP contribution in [0.25, 0.3) is 0 Å². The zero-order valence-electron chi connectivity index (χ0n) is 9.63. The van der Waals surface area contributed by atoms with Crippen molar-refractivity contribution in [3.05, 3.63) is 58.6 Å². The molecule has 0 amide bonds. The Labute approximate surface area is 119 Å². The molecule has 0 radical (unpaired) electrons. The summed E-state index contributed by atoms with van der Waals surface area (Å²) in [6.45, 7) is 0. The average Bonchev–Trinajstić information content (AvgIpc) is 2.39. The number of nitriles is 1. The molecule has 0 unspecified atom stereocenters. The molecule has 0 aliphatic heterocycles. The predicted octanol–water partition coefficient (Wildman–Crippen LogP) is 4.06. The van der Waals surface area contributed by atoms with Gasteiger partial charge in [-0.3, -0.25) is 0 Å². The van der Waals surface area contributed by atoms with E-state index < -0.39 is 5.97 Å². The summed E-state index contributed by atoms with van der Waals surface area (Å²) in [5, 5.41) is 18.5. The summed E-state index contributed by atoms with van der Waals surface area (Å²) in [5.41, 5.74) is 0.723. The number of carboxylic acid groups (broad SMARTS) is 1. The second-order valence-corrected chi connectivity index (χ2v) is 5.24. The van der Waals surface area contributed by atoms with Crippen LogP contribution in [0.5, 0.6) is 0 Å². The Balaban J connectivity index is 2.36. The van der Waals surface area contributed by atoms with Crippen molar-refractivity contribution >= 4 is 29.3 Å². The molecule has 3 nitrogen and oxygen atoms in total. The number of aromatic carboxylic acids is 1. The van der Waals surface area contributed by atoms with Crippen molar-refractivity contribution in [3.63, 3.8) is 0 Å². The molecule has 0 fully saturated rings. The number of benzene rings is 2. The predicted molar refractivity (Wildman–Crippen MR) is 73.7 cm³/mol. The van der Waals surface area contributed by atoms with Crippen molar-refractivity contribution in [1.82, 2.24) is 0 Å². The van der Waals surface area contributed by atoms with Crippen LogP contribution in [0.3, 0.4) is 0 Å². The van der Waals surface area contributed by atoms with Gasteiger partial charge in [0.1, 0.15) is 6.07 Å². The van der Waals surface area contributed by atoms with E-state index in [0.29, 0.717) is 15.5 Å². The van der Waals surface area contributed by atoms with Gasteiger partial charge in [-0.2, -0.15) is 5.26 Å². The number of halogens is 1. The molecular formula is C14H8ClNO2S. The quantitative estimate of drug-likeness (QED) is 0.925. The van der Waals surface area contributed by atoms with E-state index >= 15 is 0 Å². The van der Waals surface area contributed by atoms with Gasteiger partial charge in [-0.05, 0) is 36.4 Å². The van der Waals surface area contributed by atoms with Gasteiger partial charge >= 0.3 is 5.97 Å². The minimum absolute atomic E-state index is 0.213. The number of rotatable bonds is 3. The van der Waals surface area contributed by atoms with Crippen molar-refractivity contribution in [3.8, 4) is 6.07 Å². The number of hydrogen-bond acceptors (Lipinski definition) is 3. The lowest BCUT2D eigenvalue weighted by molar-refractivity contribution is 0.0696. The van der Waals surface area contributed by atoms with E-state index in [1.54, 1.807) is 36.4 Å². The minimum atomic E-state index is -0.978. The summed E-state index contributed by atoms with van der Waals surface area (Å²) in [7, 11) is 0. The van der Waals surface area contributed by atoms with E-state index in [-0.39, 0.29) is 5.56 Å². The van der Waals surface area contributed by atoms with Crippen LogP contribution in [0, 0.1) is 11.3 Å². The average molecular weight is 290 g/mol. The van der Waals surface area contributed by atoms with E-state index in [2.05, 4.69) is 6.07 Å². The van der Waals surface area contributed by atoms with Gasteiger partial charge in [0.25, 0.3) is 0 Å². The Kier molecular flexibility index (Phi) is 4.10. The summed E-state index contributed by atoms with van der Waals surface area (Å²) in [6.07, 6.45) is 0. The van der Waals surface area contributed by atoms with Crippen molar-refractivity contribution in [2.24, 2.45) is 0 Å². The van der Waals surface area contributed by atoms with E-state index in [1.165, 1.54) is 17.8 Å². The minimum Gasteiger partial charge on any atom is -0.478 e. The molecule has 0 saturated heterocycles. The summed E-state index contributed by atoms with van der Waals surface area (Å²) in [4.78, 5) is 12.4. The molecule has 0 saturated carbocycles. The Morgan fingerprint density at radius 1 is 1.26 bits per heavy atom. The fourth-order valence-corrected chi connectivity index (χ4v) is 2.73. The second-order valence-electron chi connectivity index (χ2n) is 3.69. The summed E-state index contributed by atoms with van der Waals surface area (Å²) in [6, 6.07) is 13.6. The molecule has 94 valence electrons. The fourth-order valence-electron chi connectivity index (χ4n) is 1.49. The zero-order valence-corrected chi connectivity index (χ0v) is 11.2. The van der Waals surface area contributed by atoms with Gasteiger partial charge in [-0.1, -0.05) is 29.4 Å². The largest absolute Gasteiger partial charge is 0.478 e. The third kappa shape index (κ3) is 3.28. The summed E-state index contributed by atoms with van der Waals surface area (Å²) >= 11 is 7.22. The molecule has 0 aromatic heterocycles. The number of carbonyl (C=O) groups is 1. The topological polar surface area (TPSA) is 61.1 Å². The molecule has 19 heavy (non-hydrogen) atoms. The molecule has 2 aromatic carbocycles. The van der Waals surface area contributed by atoms with Crippen LogP contribution < -0.4 is 0 Å². The first-order valence-corrected chi connectivity index (χ1v) is 6.50. The number of carboxylic acids is 1. The molecule has 0 heterocycles. The van der Waals surface area contributed by atoms with Gasteiger partial charge in [0, 0.05) is 14.8 Å². The Morgan fingerprint density at radius 3 is 2.74 bits per heavy atom. The third-order valence-electron chi connectivity index (χ3n) is 2.37. The van der Waals surface area contributed by atoms with Gasteiger partial charge in [0.15, 0.2) is 0 Å². The van der Waals surface area contributed by atoms with Crippen molar-refractivity contribution in [2.75, 3.05) is 0 Å². The highest BCUT2D eigenvalue weighted by Gasteiger charge is 2.08. The van der Waals surface area contributed by atoms with Gasteiger partial charge in [0.05, 0.1) is 11.1 Å². The molecule has 0 spiro atoms. The number of nitrogens with zero attached hydrogens (tertiary/aromatic N) is 1. The Hall–Kier alpha value is -1.96. The lowest BCUT2D eigenvalue weighted by Gasteiger charge is -2.05.